The van der Waals surface area contributed by atoms with Gasteiger partial charge in [-0.3, -0.25) is 0 Å². The third-order valence-electron chi connectivity index (χ3n) is 6.87. The maximum absolute atomic E-state index is 10.4. The Morgan fingerprint density at radius 1 is 0.700 bits per heavy atom. The van der Waals surface area contributed by atoms with Gasteiger partial charge in [0.15, 0.2) is 12.4 Å². The maximum atomic E-state index is 10.4. The van der Waals surface area contributed by atoms with E-state index < -0.39 is 10.1 Å². The number of pyridine rings is 1. The molecular formula is C34H48N2O3S. The topological polar surface area (TPSA) is 64.3 Å². The van der Waals surface area contributed by atoms with Crippen molar-refractivity contribution in [1.29, 1.82) is 0 Å². The summed E-state index contributed by atoms with van der Waals surface area (Å²) in [4.78, 5) is 1.95. The van der Waals surface area contributed by atoms with Crippen molar-refractivity contribution in [3.8, 4) is 0 Å². The summed E-state index contributed by atoms with van der Waals surface area (Å²) in [7, 11) is -0.131. The standard InChI is InChI=1S/C27H41N2.C7H8O3S/c1-4-5-6-7-8-9-10-11-12-13-22-29-23-20-26(21-24-29)15-14-25-16-18-27(19-17-25)28(2)3;1-6-2-4-7(5-3-6)11(8,9)10/h14-21,23-24H,4-13,22H2,1-3H3;2-5H,1H3,(H,8,9,10)/q+1;/p-1. The van der Waals surface area contributed by atoms with E-state index in [4.69, 9.17) is 0 Å². The van der Waals surface area contributed by atoms with E-state index >= 15 is 0 Å². The number of hydrogen-bond donors (Lipinski definition) is 0. The largest absolute Gasteiger partial charge is 0.744 e. The molecule has 2 aromatic carbocycles. The molecule has 0 radical (unpaired) electrons. The van der Waals surface area contributed by atoms with Crippen molar-refractivity contribution in [1.82, 2.24) is 0 Å². The van der Waals surface area contributed by atoms with Crippen LogP contribution in [0.3, 0.4) is 0 Å². The number of unbranched alkanes of at least 4 members (excludes halogenated alkanes) is 9. The summed E-state index contributed by atoms with van der Waals surface area (Å²) in [5.41, 5.74) is 4.64. The van der Waals surface area contributed by atoms with Crippen LogP contribution in [0.15, 0.2) is 78.0 Å². The minimum atomic E-state index is -4.27. The third kappa shape index (κ3) is 13.9. The van der Waals surface area contributed by atoms with E-state index in [1.807, 2.05) is 6.92 Å². The lowest BCUT2D eigenvalue weighted by atomic mass is 10.1. The summed E-state index contributed by atoms with van der Waals surface area (Å²) in [5.74, 6) is 0. The van der Waals surface area contributed by atoms with Crippen LogP contribution in [-0.4, -0.2) is 27.1 Å². The molecule has 0 aliphatic rings. The highest BCUT2D eigenvalue weighted by atomic mass is 32.2. The highest BCUT2D eigenvalue weighted by Gasteiger charge is 2.01. The molecule has 218 valence electrons. The number of rotatable bonds is 15. The van der Waals surface area contributed by atoms with Crippen molar-refractivity contribution >= 4 is 28.0 Å². The molecule has 6 heteroatoms. The summed E-state index contributed by atoms with van der Waals surface area (Å²) in [6.45, 7) is 5.24. The van der Waals surface area contributed by atoms with Crippen molar-refractivity contribution in [2.75, 3.05) is 19.0 Å². The van der Waals surface area contributed by atoms with Gasteiger partial charge in [0, 0.05) is 38.3 Å². The average Bonchev–Trinajstić information content (AvgIpc) is 2.94. The summed E-state index contributed by atoms with van der Waals surface area (Å²) in [6, 6.07) is 18.9. The van der Waals surface area contributed by atoms with Crippen molar-refractivity contribution < 1.29 is 17.5 Å². The molecule has 0 N–H and O–H groups in total. The minimum Gasteiger partial charge on any atom is -0.744 e. The Bertz CT molecular complexity index is 1220. The number of aryl methyl sites for hydroxylation is 2. The van der Waals surface area contributed by atoms with Gasteiger partial charge in [0.25, 0.3) is 0 Å². The maximum Gasteiger partial charge on any atom is 0.169 e. The molecule has 1 heterocycles. The highest BCUT2D eigenvalue weighted by Crippen LogP contribution is 2.15. The highest BCUT2D eigenvalue weighted by molar-refractivity contribution is 7.85. The van der Waals surface area contributed by atoms with Crippen LogP contribution < -0.4 is 9.47 Å². The number of hydrogen-bond acceptors (Lipinski definition) is 4. The Hall–Kier alpha value is -2.96. The van der Waals surface area contributed by atoms with Crippen LogP contribution in [0.5, 0.6) is 0 Å². The number of benzene rings is 2. The van der Waals surface area contributed by atoms with E-state index in [1.165, 1.54) is 93.2 Å². The number of anilines is 1. The minimum absolute atomic E-state index is 0.178. The van der Waals surface area contributed by atoms with Crippen molar-refractivity contribution in [2.24, 2.45) is 0 Å². The van der Waals surface area contributed by atoms with Crippen LogP contribution in [0.25, 0.3) is 12.2 Å². The van der Waals surface area contributed by atoms with Gasteiger partial charge in [0.1, 0.15) is 16.7 Å². The van der Waals surface area contributed by atoms with Gasteiger partial charge in [-0.2, -0.15) is 0 Å². The number of nitrogens with zero attached hydrogens (tertiary/aromatic N) is 2. The third-order valence-corrected chi connectivity index (χ3v) is 7.72. The molecule has 0 unspecified atom stereocenters. The lowest BCUT2D eigenvalue weighted by molar-refractivity contribution is -0.697. The van der Waals surface area contributed by atoms with Gasteiger partial charge in [-0.1, -0.05) is 100 Å². The molecule has 0 atom stereocenters. The van der Waals surface area contributed by atoms with E-state index in [2.05, 4.69) is 91.4 Å². The van der Waals surface area contributed by atoms with E-state index in [9.17, 15) is 13.0 Å². The summed E-state index contributed by atoms with van der Waals surface area (Å²) in [5, 5.41) is 0. The molecule has 0 aliphatic carbocycles. The zero-order chi connectivity index (χ0) is 29.2. The summed E-state index contributed by atoms with van der Waals surface area (Å²) in [6.07, 6.45) is 22.7. The fourth-order valence-electron chi connectivity index (χ4n) is 4.29. The molecule has 0 bridgehead atoms. The fourth-order valence-corrected chi connectivity index (χ4v) is 4.76. The van der Waals surface area contributed by atoms with E-state index in [-0.39, 0.29) is 4.90 Å². The summed E-state index contributed by atoms with van der Waals surface area (Å²) < 4.78 is 33.5. The first-order valence-electron chi connectivity index (χ1n) is 14.7. The Morgan fingerprint density at radius 2 is 1.18 bits per heavy atom. The molecule has 3 rings (SSSR count). The van der Waals surface area contributed by atoms with Crippen LogP contribution >= 0.6 is 0 Å². The predicted octanol–water partition coefficient (Wildman–Crippen LogP) is 8.03. The fraction of sp³-hybridized carbons (Fsp3) is 0.441. The van der Waals surface area contributed by atoms with E-state index in [0.29, 0.717) is 0 Å². The zero-order valence-electron chi connectivity index (χ0n) is 24.9. The van der Waals surface area contributed by atoms with Gasteiger partial charge >= 0.3 is 0 Å². The average molecular weight is 565 g/mol. The van der Waals surface area contributed by atoms with E-state index in [0.717, 1.165) is 12.1 Å². The molecule has 0 fully saturated rings. The number of aromatic nitrogens is 1. The molecule has 1 aromatic heterocycles. The van der Waals surface area contributed by atoms with Crippen LogP contribution in [0, 0.1) is 6.92 Å². The van der Waals surface area contributed by atoms with Crippen LogP contribution in [0.1, 0.15) is 87.8 Å². The molecule has 40 heavy (non-hydrogen) atoms. The lowest BCUT2D eigenvalue weighted by Crippen LogP contribution is -2.32. The van der Waals surface area contributed by atoms with Gasteiger partial charge in [-0.05, 0) is 48.7 Å². The predicted molar refractivity (Wildman–Crippen MR) is 167 cm³/mol. The zero-order valence-corrected chi connectivity index (χ0v) is 25.7. The Kier molecular flexibility index (Phi) is 15.3. The normalized spacial score (nSPS) is 11.3. The van der Waals surface area contributed by atoms with E-state index in [1.54, 1.807) is 12.1 Å². The van der Waals surface area contributed by atoms with Crippen LogP contribution in [0.4, 0.5) is 5.69 Å². The smallest absolute Gasteiger partial charge is 0.169 e. The van der Waals surface area contributed by atoms with Crippen LogP contribution in [-0.2, 0) is 16.7 Å². The molecule has 5 nitrogen and oxygen atoms in total. The molecule has 0 saturated carbocycles. The monoisotopic (exact) mass is 564 g/mol. The molecular weight excluding hydrogens is 516 g/mol. The van der Waals surface area contributed by atoms with Gasteiger partial charge in [0.05, 0.1) is 4.90 Å². The molecule has 0 saturated heterocycles. The molecule has 3 aromatic rings. The Balaban J connectivity index is 0.000000425. The second-order valence-electron chi connectivity index (χ2n) is 10.6. The van der Waals surface area contributed by atoms with Crippen molar-refractivity contribution in [3.05, 3.63) is 89.7 Å². The summed E-state index contributed by atoms with van der Waals surface area (Å²) >= 11 is 0. The van der Waals surface area contributed by atoms with Gasteiger partial charge < -0.3 is 9.45 Å². The van der Waals surface area contributed by atoms with Gasteiger partial charge in [0.2, 0.25) is 0 Å². The molecule has 0 spiro atoms. The quantitative estimate of drug-likeness (QED) is 0.106. The molecule has 0 aliphatic heterocycles. The SMILES string of the molecule is CCCCCCCCCCCC[n+]1ccc(/C=C/c2ccc(N(C)C)cc2)cc1.Cc1ccc(S(=O)(=O)[O-])cc1. The van der Waals surface area contributed by atoms with Gasteiger partial charge in [-0.25, -0.2) is 13.0 Å². The first-order chi connectivity index (χ1) is 19.2. The van der Waals surface area contributed by atoms with Crippen molar-refractivity contribution in [3.63, 3.8) is 0 Å². The first-order valence-corrected chi connectivity index (χ1v) is 16.1. The first kappa shape index (κ1) is 33.2. The Morgan fingerprint density at radius 3 is 1.65 bits per heavy atom. The lowest BCUT2D eigenvalue weighted by Gasteiger charge is -2.11. The Labute approximate surface area is 243 Å². The second kappa shape index (κ2) is 18.4. The van der Waals surface area contributed by atoms with Gasteiger partial charge in [-0.15, -0.1) is 0 Å². The van der Waals surface area contributed by atoms with Crippen molar-refractivity contribution in [2.45, 2.75) is 89.5 Å². The molecule has 0 amide bonds. The second-order valence-corrected chi connectivity index (χ2v) is 12.0. The van der Waals surface area contributed by atoms with Crippen LogP contribution in [0.2, 0.25) is 0 Å².